The van der Waals surface area contributed by atoms with Crippen LogP contribution in [-0.2, 0) is 17.8 Å². The number of likely N-dealkylation sites (N-methyl/N-ethyl adjacent to an activating group) is 1. The van der Waals surface area contributed by atoms with Gasteiger partial charge in [0.15, 0.2) is 0 Å². The minimum absolute atomic E-state index is 0.653. The van der Waals surface area contributed by atoms with Crippen LogP contribution in [0.5, 0.6) is 0 Å². The van der Waals surface area contributed by atoms with Crippen molar-refractivity contribution in [3.05, 3.63) is 11.9 Å². The fourth-order valence-corrected chi connectivity index (χ4v) is 1.52. The minimum atomic E-state index is 0.653. The predicted molar refractivity (Wildman–Crippen MR) is 75.9 cm³/mol. The highest BCUT2D eigenvalue weighted by molar-refractivity contribution is 4.91. The van der Waals surface area contributed by atoms with Crippen molar-refractivity contribution in [1.29, 1.82) is 0 Å². The molecule has 0 atom stereocenters. The number of nitrogens with one attached hydrogen (secondary N) is 1. The molecule has 6 heteroatoms. The lowest BCUT2D eigenvalue weighted by molar-refractivity contribution is 0.108. The maximum atomic E-state index is 5.52. The molecule has 1 heterocycles. The van der Waals surface area contributed by atoms with Crippen LogP contribution in [0.1, 0.15) is 19.5 Å². The Morgan fingerprint density at radius 3 is 2.84 bits per heavy atom. The van der Waals surface area contributed by atoms with E-state index in [0.717, 1.165) is 38.5 Å². The van der Waals surface area contributed by atoms with Gasteiger partial charge in [0.25, 0.3) is 0 Å². The van der Waals surface area contributed by atoms with Gasteiger partial charge in [-0.15, -0.1) is 5.10 Å². The first kappa shape index (κ1) is 16.1. The summed E-state index contributed by atoms with van der Waals surface area (Å²) >= 11 is 0. The third kappa shape index (κ3) is 7.92. The Bertz CT molecular complexity index is 338. The van der Waals surface area contributed by atoms with E-state index in [1.807, 2.05) is 25.0 Å². The molecule has 0 radical (unpaired) electrons. The molecule has 0 spiro atoms. The lowest BCUT2D eigenvalue weighted by Crippen LogP contribution is -2.19. The first-order chi connectivity index (χ1) is 9.08. The van der Waals surface area contributed by atoms with Crippen molar-refractivity contribution in [2.24, 2.45) is 5.92 Å². The summed E-state index contributed by atoms with van der Waals surface area (Å²) < 4.78 is 7.36. The highest BCUT2D eigenvalue weighted by atomic mass is 16.5. The lowest BCUT2D eigenvalue weighted by Gasteiger charge is -2.09. The Kier molecular flexibility index (Phi) is 7.62. The summed E-state index contributed by atoms with van der Waals surface area (Å²) in [4.78, 5) is 2.11. The summed E-state index contributed by atoms with van der Waals surface area (Å²) in [6, 6.07) is 0. The van der Waals surface area contributed by atoms with Crippen LogP contribution in [0.4, 0.5) is 0 Å². The summed E-state index contributed by atoms with van der Waals surface area (Å²) in [5.41, 5.74) is 0.981. The molecule has 1 rings (SSSR count). The molecule has 110 valence electrons. The SMILES string of the molecule is CC(C)CNCc1cn(CCOCCN(C)C)nn1. The maximum absolute atomic E-state index is 5.52. The second-order valence-electron chi connectivity index (χ2n) is 5.41. The maximum Gasteiger partial charge on any atom is 0.0964 e. The van der Waals surface area contributed by atoms with Crippen LogP contribution >= 0.6 is 0 Å². The van der Waals surface area contributed by atoms with Crippen LogP contribution in [-0.4, -0.2) is 60.3 Å². The summed E-state index contributed by atoms with van der Waals surface area (Å²) in [5.74, 6) is 0.653. The quantitative estimate of drug-likeness (QED) is 0.631. The van der Waals surface area contributed by atoms with Gasteiger partial charge in [-0.2, -0.15) is 0 Å². The van der Waals surface area contributed by atoms with Gasteiger partial charge in [-0.1, -0.05) is 19.1 Å². The average molecular weight is 269 g/mol. The van der Waals surface area contributed by atoms with Crippen molar-refractivity contribution in [2.75, 3.05) is 40.4 Å². The molecule has 0 unspecified atom stereocenters. The fraction of sp³-hybridized carbons (Fsp3) is 0.846. The van der Waals surface area contributed by atoms with Crippen molar-refractivity contribution >= 4 is 0 Å². The zero-order chi connectivity index (χ0) is 14.1. The van der Waals surface area contributed by atoms with Gasteiger partial charge in [-0.05, 0) is 26.6 Å². The molecule has 0 aromatic carbocycles. The molecule has 1 aromatic rings. The minimum Gasteiger partial charge on any atom is -0.378 e. The molecule has 0 aliphatic rings. The fourth-order valence-electron chi connectivity index (χ4n) is 1.52. The van der Waals surface area contributed by atoms with Crippen molar-refractivity contribution in [2.45, 2.75) is 26.9 Å². The predicted octanol–water partition coefficient (Wildman–Crippen LogP) is 0.602. The van der Waals surface area contributed by atoms with E-state index in [1.54, 1.807) is 0 Å². The molecule has 19 heavy (non-hydrogen) atoms. The van der Waals surface area contributed by atoms with Crippen LogP contribution in [0.15, 0.2) is 6.20 Å². The van der Waals surface area contributed by atoms with Gasteiger partial charge in [0, 0.05) is 19.3 Å². The van der Waals surface area contributed by atoms with Crippen LogP contribution < -0.4 is 5.32 Å². The normalized spacial score (nSPS) is 11.7. The van der Waals surface area contributed by atoms with E-state index in [9.17, 15) is 0 Å². The standard InChI is InChI=1S/C13H27N5O/c1-12(2)9-14-10-13-11-18(16-15-13)6-8-19-7-5-17(3)4/h11-12,14H,5-10H2,1-4H3. The molecule has 0 bridgehead atoms. The Balaban J connectivity index is 2.12. The zero-order valence-electron chi connectivity index (χ0n) is 12.6. The van der Waals surface area contributed by atoms with E-state index in [2.05, 4.69) is 34.4 Å². The lowest BCUT2D eigenvalue weighted by atomic mass is 10.2. The van der Waals surface area contributed by atoms with Gasteiger partial charge in [-0.25, -0.2) is 4.68 Å². The topological polar surface area (TPSA) is 55.2 Å². The molecular formula is C13H27N5O. The molecule has 0 saturated carbocycles. The second kappa shape index (κ2) is 9.01. The van der Waals surface area contributed by atoms with E-state index in [0.29, 0.717) is 12.5 Å². The molecule has 0 fully saturated rings. The number of nitrogens with zero attached hydrogens (tertiary/aromatic N) is 4. The van der Waals surface area contributed by atoms with Gasteiger partial charge < -0.3 is 15.0 Å². The van der Waals surface area contributed by atoms with Crippen LogP contribution in [0.2, 0.25) is 0 Å². The number of aromatic nitrogens is 3. The van der Waals surface area contributed by atoms with E-state index >= 15 is 0 Å². The first-order valence-electron chi connectivity index (χ1n) is 6.90. The smallest absolute Gasteiger partial charge is 0.0964 e. The highest BCUT2D eigenvalue weighted by Gasteiger charge is 2.01. The van der Waals surface area contributed by atoms with E-state index < -0.39 is 0 Å². The summed E-state index contributed by atoms with van der Waals surface area (Å²) in [6.45, 7) is 9.29. The van der Waals surface area contributed by atoms with Gasteiger partial charge in [0.05, 0.1) is 25.5 Å². The Morgan fingerprint density at radius 1 is 1.37 bits per heavy atom. The Morgan fingerprint density at radius 2 is 2.16 bits per heavy atom. The summed E-state index contributed by atoms with van der Waals surface area (Å²) in [7, 11) is 4.08. The molecule has 0 amide bonds. The molecule has 6 nitrogen and oxygen atoms in total. The van der Waals surface area contributed by atoms with Gasteiger partial charge in [-0.3, -0.25) is 0 Å². The molecular weight excluding hydrogens is 242 g/mol. The molecule has 0 aliphatic heterocycles. The number of rotatable bonds is 10. The van der Waals surface area contributed by atoms with Crippen LogP contribution in [0.3, 0.4) is 0 Å². The molecule has 1 aromatic heterocycles. The molecule has 0 saturated heterocycles. The van der Waals surface area contributed by atoms with Gasteiger partial charge in [0.1, 0.15) is 0 Å². The third-order valence-electron chi connectivity index (χ3n) is 2.59. The number of ether oxygens (including phenoxy) is 1. The molecule has 0 aliphatic carbocycles. The highest BCUT2D eigenvalue weighted by Crippen LogP contribution is 1.94. The second-order valence-corrected chi connectivity index (χ2v) is 5.41. The Labute approximate surface area is 116 Å². The van der Waals surface area contributed by atoms with E-state index in [4.69, 9.17) is 4.74 Å². The zero-order valence-corrected chi connectivity index (χ0v) is 12.6. The van der Waals surface area contributed by atoms with Crippen LogP contribution in [0.25, 0.3) is 0 Å². The monoisotopic (exact) mass is 269 g/mol. The van der Waals surface area contributed by atoms with Gasteiger partial charge in [0.2, 0.25) is 0 Å². The third-order valence-corrected chi connectivity index (χ3v) is 2.59. The average Bonchev–Trinajstić information content (AvgIpc) is 2.76. The number of hydrogen-bond acceptors (Lipinski definition) is 5. The molecule has 1 N–H and O–H groups in total. The first-order valence-corrected chi connectivity index (χ1v) is 6.90. The summed E-state index contributed by atoms with van der Waals surface area (Å²) in [5, 5.41) is 11.6. The van der Waals surface area contributed by atoms with Crippen molar-refractivity contribution < 1.29 is 4.74 Å². The van der Waals surface area contributed by atoms with Crippen LogP contribution in [0, 0.1) is 5.92 Å². The van der Waals surface area contributed by atoms with E-state index in [1.165, 1.54) is 0 Å². The van der Waals surface area contributed by atoms with Crippen molar-refractivity contribution in [3.63, 3.8) is 0 Å². The number of hydrogen-bond donors (Lipinski definition) is 1. The van der Waals surface area contributed by atoms with Gasteiger partial charge >= 0.3 is 0 Å². The van der Waals surface area contributed by atoms with E-state index in [-0.39, 0.29) is 0 Å². The largest absolute Gasteiger partial charge is 0.378 e. The van der Waals surface area contributed by atoms with Crippen molar-refractivity contribution in [3.8, 4) is 0 Å². The Hall–Kier alpha value is -0.980. The van der Waals surface area contributed by atoms with Crippen molar-refractivity contribution in [1.82, 2.24) is 25.2 Å². The summed E-state index contributed by atoms with van der Waals surface area (Å²) in [6.07, 6.45) is 1.97.